The van der Waals surface area contributed by atoms with Gasteiger partial charge in [0.05, 0.1) is 23.4 Å². The summed E-state index contributed by atoms with van der Waals surface area (Å²) in [6, 6.07) is 7.09. The highest BCUT2D eigenvalue weighted by atomic mass is 35.5. The largest absolute Gasteiger partial charge is 0.465 e. The molecule has 0 bridgehead atoms. The number of nitrogens with one attached hydrogen (secondary N) is 2. The van der Waals surface area contributed by atoms with E-state index in [0.717, 1.165) is 0 Å². The van der Waals surface area contributed by atoms with Crippen molar-refractivity contribution < 1.29 is 14.3 Å². The van der Waals surface area contributed by atoms with E-state index in [1.165, 1.54) is 37.4 Å². The van der Waals surface area contributed by atoms with Crippen molar-refractivity contribution in [3.63, 3.8) is 0 Å². The predicted molar refractivity (Wildman–Crippen MR) is 82.5 cm³/mol. The van der Waals surface area contributed by atoms with E-state index in [4.69, 9.17) is 11.6 Å². The first-order chi connectivity index (χ1) is 10.4. The monoisotopic (exact) mass is 320 g/mol. The smallest absolute Gasteiger partial charge is 0.337 e. The quantitative estimate of drug-likeness (QED) is 0.850. The number of esters is 1. The number of benzene rings is 1. The first-order valence-electron chi connectivity index (χ1n) is 6.31. The first kappa shape index (κ1) is 15.8. The second-order valence-corrected chi connectivity index (χ2v) is 4.96. The summed E-state index contributed by atoms with van der Waals surface area (Å²) in [4.78, 5) is 37.6. The number of methoxy groups -OCH3 is 1. The molecule has 0 aliphatic heterocycles. The molecule has 2 rings (SSSR count). The Morgan fingerprint density at radius 3 is 2.55 bits per heavy atom. The van der Waals surface area contributed by atoms with Crippen LogP contribution in [0.2, 0.25) is 5.02 Å². The summed E-state index contributed by atoms with van der Waals surface area (Å²) < 4.78 is 4.61. The molecular weight excluding hydrogens is 308 g/mol. The van der Waals surface area contributed by atoms with E-state index < -0.39 is 11.9 Å². The minimum atomic E-state index is -0.542. The highest BCUT2D eigenvalue weighted by Crippen LogP contribution is 2.24. The Hall–Kier alpha value is -2.60. The highest BCUT2D eigenvalue weighted by molar-refractivity contribution is 6.34. The molecule has 1 heterocycles. The number of anilines is 1. The lowest BCUT2D eigenvalue weighted by molar-refractivity contribution is 0.0600. The zero-order chi connectivity index (χ0) is 16.3. The van der Waals surface area contributed by atoms with Crippen molar-refractivity contribution in [2.75, 3.05) is 12.4 Å². The van der Waals surface area contributed by atoms with Gasteiger partial charge in [0.1, 0.15) is 0 Å². The first-order valence-corrected chi connectivity index (χ1v) is 6.68. The molecule has 2 aromatic rings. The molecule has 22 heavy (non-hydrogen) atoms. The molecule has 0 aliphatic carbocycles. The summed E-state index contributed by atoms with van der Waals surface area (Å²) in [6.45, 7) is 1.67. The molecule has 1 amide bonds. The molecule has 0 saturated carbocycles. The van der Waals surface area contributed by atoms with Crippen LogP contribution in [0.1, 0.15) is 26.4 Å². The van der Waals surface area contributed by atoms with Crippen LogP contribution in [0.15, 0.2) is 35.1 Å². The van der Waals surface area contributed by atoms with Crippen LogP contribution in [-0.2, 0) is 4.74 Å². The number of H-pyrrole nitrogens is 1. The second-order valence-electron chi connectivity index (χ2n) is 4.56. The van der Waals surface area contributed by atoms with Crippen LogP contribution >= 0.6 is 11.6 Å². The third kappa shape index (κ3) is 3.53. The van der Waals surface area contributed by atoms with Gasteiger partial charge in [-0.3, -0.25) is 9.59 Å². The van der Waals surface area contributed by atoms with Crippen molar-refractivity contribution in [1.29, 1.82) is 0 Å². The number of hydrogen-bond acceptors (Lipinski definition) is 4. The number of pyridine rings is 1. The Labute approximate surface area is 131 Å². The lowest BCUT2D eigenvalue weighted by Gasteiger charge is -2.09. The number of carbonyl (C=O) groups excluding carboxylic acids is 2. The third-order valence-corrected chi connectivity index (χ3v) is 3.21. The van der Waals surface area contributed by atoms with E-state index in [0.29, 0.717) is 5.69 Å². The number of ether oxygens (including phenoxy) is 1. The van der Waals surface area contributed by atoms with Gasteiger partial charge in [0.15, 0.2) is 0 Å². The Morgan fingerprint density at radius 2 is 1.91 bits per heavy atom. The van der Waals surface area contributed by atoms with Crippen LogP contribution in [0, 0.1) is 6.92 Å². The van der Waals surface area contributed by atoms with E-state index in [2.05, 4.69) is 15.0 Å². The predicted octanol–water partition coefficient (Wildman–Crippen LogP) is 2.38. The van der Waals surface area contributed by atoms with Gasteiger partial charge in [-0.05, 0) is 31.2 Å². The molecule has 0 aliphatic rings. The number of carbonyl (C=O) groups is 2. The SMILES string of the molecule is COC(=O)c1ccc(Cl)c(NC(=O)c2cc(C)[nH]c(=O)c2)c1. The molecule has 0 radical (unpaired) electrons. The highest BCUT2D eigenvalue weighted by Gasteiger charge is 2.13. The van der Waals surface area contributed by atoms with Crippen molar-refractivity contribution in [3.8, 4) is 0 Å². The Balaban J connectivity index is 2.31. The van der Waals surface area contributed by atoms with Gasteiger partial charge in [-0.2, -0.15) is 0 Å². The summed E-state index contributed by atoms with van der Waals surface area (Å²) in [6.07, 6.45) is 0. The lowest BCUT2D eigenvalue weighted by atomic mass is 10.1. The van der Waals surface area contributed by atoms with Gasteiger partial charge in [0, 0.05) is 17.3 Å². The fraction of sp³-hybridized carbons (Fsp3) is 0.133. The van der Waals surface area contributed by atoms with Gasteiger partial charge >= 0.3 is 5.97 Å². The van der Waals surface area contributed by atoms with Crippen LogP contribution in [0.3, 0.4) is 0 Å². The third-order valence-electron chi connectivity index (χ3n) is 2.88. The summed E-state index contributed by atoms with van der Waals surface area (Å²) in [7, 11) is 1.26. The average Bonchev–Trinajstić information content (AvgIpc) is 2.47. The fourth-order valence-corrected chi connectivity index (χ4v) is 2.04. The molecule has 0 unspecified atom stereocenters. The maximum absolute atomic E-state index is 12.2. The maximum Gasteiger partial charge on any atom is 0.337 e. The summed E-state index contributed by atoms with van der Waals surface area (Å²) in [5.41, 5.74) is 0.893. The van der Waals surface area contributed by atoms with Crippen molar-refractivity contribution in [2.45, 2.75) is 6.92 Å². The normalized spacial score (nSPS) is 10.1. The number of rotatable bonds is 3. The van der Waals surface area contributed by atoms with Crippen LogP contribution < -0.4 is 10.9 Å². The Bertz CT molecular complexity index is 798. The van der Waals surface area contributed by atoms with Gasteiger partial charge in [0.25, 0.3) is 5.91 Å². The van der Waals surface area contributed by atoms with E-state index in [-0.39, 0.29) is 27.4 Å². The van der Waals surface area contributed by atoms with Crippen molar-refractivity contribution in [3.05, 3.63) is 62.5 Å². The summed E-state index contributed by atoms with van der Waals surface area (Å²) in [5.74, 6) is -1.04. The van der Waals surface area contributed by atoms with E-state index in [9.17, 15) is 14.4 Å². The molecule has 1 aromatic heterocycles. The number of aromatic nitrogens is 1. The molecule has 0 fully saturated rings. The van der Waals surface area contributed by atoms with Crippen molar-refractivity contribution >= 4 is 29.2 Å². The van der Waals surface area contributed by atoms with Gasteiger partial charge in [-0.15, -0.1) is 0 Å². The topological polar surface area (TPSA) is 88.3 Å². The number of aromatic amines is 1. The van der Waals surface area contributed by atoms with E-state index in [1.54, 1.807) is 6.92 Å². The second kappa shape index (κ2) is 6.44. The van der Waals surface area contributed by atoms with Crippen molar-refractivity contribution in [2.24, 2.45) is 0 Å². The Morgan fingerprint density at radius 1 is 1.18 bits per heavy atom. The van der Waals surface area contributed by atoms with Gasteiger partial charge in [-0.25, -0.2) is 4.79 Å². The molecule has 0 atom stereocenters. The molecule has 7 heteroatoms. The molecule has 2 N–H and O–H groups in total. The lowest BCUT2D eigenvalue weighted by Crippen LogP contribution is -2.17. The van der Waals surface area contributed by atoms with E-state index >= 15 is 0 Å². The minimum Gasteiger partial charge on any atom is -0.465 e. The molecule has 114 valence electrons. The molecular formula is C15H13ClN2O4. The number of aryl methyl sites for hydroxylation is 1. The zero-order valence-electron chi connectivity index (χ0n) is 11.9. The van der Waals surface area contributed by atoms with Crippen LogP contribution in [0.4, 0.5) is 5.69 Å². The number of hydrogen-bond donors (Lipinski definition) is 2. The number of amides is 1. The molecule has 1 aromatic carbocycles. The standard InChI is InChI=1S/C15H13ClN2O4/c1-8-5-10(7-13(19)17-8)14(20)18-12-6-9(15(21)22-2)3-4-11(12)16/h3-7H,1-2H3,(H,17,19)(H,18,20). The Kier molecular flexibility index (Phi) is 4.62. The van der Waals surface area contributed by atoms with Crippen molar-refractivity contribution in [1.82, 2.24) is 4.98 Å². The van der Waals surface area contributed by atoms with Crippen LogP contribution in [0.5, 0.6) is 0 Å². The molecule has 6 nitrogen and oxygen atoms in total. The van der Waals surface area contributed by atoms with Crippen LogP contribution in [0.25, 0.3) is 0 Å². The zero-order valence-corrected chi connectivity index (χ0v) is 12.7. The average molecular weight is 321 g/mol. The van der Waals surface area contributed by atoms with Gasteiger partial charge in [-0.1, -0.05) is 11.6 Å². The maximum atomic E-state index is 12.2. The van der Waals surface area contributed by atoms with Gasteiger partial charge < -0.3 is 15.0 Å². The fourth-order valence-electron chi connectivity index (χ4n) is 1.87. The summed E-state index contributed by atoms with van der Waals surface area (Å²) >= 11 is 6.00. The van der Waals surface area contributed by atoms with E-state index in [1.807, 2.05) is 0 Å². The minimum absolute atomic E-state index is 0.195. The van der Waals surface area contributed by atoms with Gasteiger partial charge in [0.2, 0.25) is 5.56 Å². The number of halogens is 1. The summed E-state index contributed by atoms with van der Waals surface area (Å²) in [5, 5.41) is 2.84. The molecule has 0 spiro atoms. The molecule has 0 saturated heterocycles. The van der Waals surface area contributed by atoms with Crippen LogP contribution in [-0.4, -0.2) is 24.0 Å².